The van der Waals surface area contributed by atoms with E-state index in [4.69, 9.17) is 10.5 Å². The summed E-state index contributed by atoms with van der Waals surface area (Å²) in [5, 5.41) is 0. The Labute approximate surface area is 94.0 Å². The van der Waals surface area contributed by atoms with Crippen LogP contribution in [0.1, 0.15) is 33.1 Å². The molecule has 0 spiro atoms. The summed E-state index contributed by atoms with van der Waals surface area (Å²) in [4.78, 5) is 2.52. The molecule has 0 aromatic heterocycles. The number of hydrogen-bond acceptors (Lipinski definition) is 3. The molecule has 1 aliphatic rings. The Morgan fingerprint density at radius 3 is 2.53 bits per heavy atom. The van der Waals surface area contributed by atoms with Crippen LogP contribution in [0.25, 0.3) is 0 Å². The van der Waals surface area contributed by atoms with E-state index in [2.05, 4.69) is 18.7 Å². The summed E-state index contributed by atoms with van der Waals surface area (Å²) < 4.78 is 5.47. The molecule has 0 aromatic carbocycles. The van der Waals surface area contributed by atoms with Crippen LogP contribution >= 0.6 is 0 Å². The van der Waals surface area contributed by atoms with Crippen molar-refractivity contribution in [3.05, 3.63) is 0 Å². The molecule has 1 rings (SSSR count). The highest BCUT2D eigenvalue weighted by Crippen LogP contribution is 2.26. The van der Waals surface area contributed by atoms with Crippen molar-refractivity contribution in [2.24, 2.45) is 11.1 Å². The van der Waals surface area contributed by atoms with Crippen LogP contribution < -0.4 is 5.73 Å². The lowest BCUT2D eigenvalue weighted by molar-refractivity contribution is 0.119. The molecule has 15 heavy (non-hydrogen) atoms. The molecule has 0 saturated carbocycles. The van der Waals surface area contributed by atoms with Gasteiger partial charge in [0.05, 0.1) is 6.61 Å². The Bertz CT molecular complexity index is 153. The van der Waals surface area contributed by atoms with Crippen LogP contribution in [0.15, 0.2) is 0 Å². The van der Waals surface area contributed by atoms with E-state index in [0.29, 0.717) is 5.41 Å². The number of nitrogens with zero attached hydrogens (tertiary/aromatic N) is 1. The summed E-state index contributed by atoms with van der Waals surface area (Å²) in [5.74, 6) is 0. The van der Waals surface area contributed by atoms with Gasteiger partial charge >= 0.3 is 0 Å². The van der Waals surface area contributed by atoms with E-state index in [-0.39, 0.29) is 0 Å². The van der Waals surface area contributed by atoms with E-state index in [9.17, 15) is 0 Å². The first-order valence-corrected chi connectivity index (χ1v) is 6.26. The van der Waals surface area contributed by atoms with Crippen molar-refractivity contribution in [1.82, 2.24) is 4.90 Å². The molecule has 0 aromatic rings. The quantitative estimate of drug-likeness (QED) is 0.753. The summed E-state index contributed by atoms with van der Waals surface area (Å²) in [6.07, 6.45) is 3.52. The van der Waals surface area contributed by atoms with E-state index in [0.717, 1.165) is 39.3 Å². The van der Waals surface area contributed by atoms with Crippen LogP contribution in [0.2, 0.25) is 0 Å². The summed E-state index contributed by atoms with van der Waals surface area (Å²) in [6, 6.07) is 0. The smallest absolute Gasteiger partial charge is 0.0593 e. The molecule has 0 aliphatic carbocycles. The normalized spacial score (nSPS) is 20.2. The maximum absolute atomic E-state index is 5.93. The Kier molecular flexibility index (Phi) is 5.58. The lowest BCUT2D eigenvalue weighted by Gasteiger charge is -2.35. The molecule has 3 heteroatoms. The first-order chi connectivity index (χ1) is 7.26. The lowest BCUT2D eigenvalue weighted by Crippen LogP contribution is -2.42. The number of ether oxygens (including phenoxy) is 1. The molecule has 1 aliphatic heterocycles. The fourth-order valence-electron chi connectivity index (χ4n) is 2.26. The van der Waals surface area contributed by atoms with Gasteiger partial charge < -0.3 is 15.4 Å². The minimum absolute atomic E-state index is 0.324. The zero-order valence-corrected chi connectivity index (χ0v) is 10.3. The summed E-state index contributed by atoms with van der Waals surface area (Å²) >= 11 is 0. The third-order valence-electron chi connectivity index (χ3n) is 3.81. The molecule has 0 amide bonds. The molecule has 0 bridgehead atoms. The topological polar surface area (TPSA) is 38.5 Å². The first kappa shape index (κ1) is 12.9. The zero-order valence-electron chi connectivity index (χ0n) is 10.3. The highest BCUT2D eigenvalue weighted by Gasteiger charge is 2.27. The summed E-state index contributed by atoms with van der Waals surface area (Å²) in [5.41, 5.74) is 6.25. The van der Waals surface area contributed by atoms with Gasteiger partial charge in [0.25, 0.3) is 0 Å². The average Bonchev–Trinajstić information content (AvgIpc) is 2.54. The number of rotatable bonds is 5. The van der Waals surface area contributed by atoms with Gasteiger partial charge in [0.2, 0.25) is 0 Å². The second kappa shape index (κ2) is 6.46. The minimum atomic E-state index is 0.324. The van der Waals surface area contributed by atoms with Crippen molar-refractivity contribution in [3.8, 4) is 0 Å². The van der Waals surface area contributed by atoms with Gasteiger partial charge in [-0.15, -0.1) is 0 Å². The zero-order chi connectivity index (χ0) is 11.1. The summed E-state index contributed by atoms with van der Waals surface area (Å²) in [6.45, 7) is 10.5. The van der Waals surface area contributed by atoms with Crippen LogP contribution in [0.3, 0.4) is 0 Å². The van der Waals surface area contributed by atoms with Gasteiger partial charge in [-0.25, -0.2) is 0 Å². The third kappa shape index (κ3) is 3.74. The fraction of sp³-hybridized carbons (Fsp3) is 1.00. The highest BCUT2D eigenvalue weighted by atomic mass is 16.5. The van der Waals surface area contributed by atoms with Crippen LogP contribution in [-0.4, -0.2) is 44.3 Å². The number of nitrogens with two attached hydrogens (primary N) is 1. The average molecular weight is 214 g/mol. The Morgan fingerprint density at radius 1 is 1.20 bits per heavy atom. The van der Waals surface area contributed by atoms with E-state index in [1.54, 1.807) is 0 Å². The molecule has 1 heterocycles. The molecule has 1 fully saturated rings. The molecule has 2 N–H and O–H groups in total. The van der Waals surface area contributed by atoms with Gasteiger partial charge in [0.15, 0.2) is 0 Å². The van der Waals surface area contributed by atoms with Gasteiger partial charge in [-0.1, -0.05) is 13.8 Å². The largest absolute Gasteiger partial charge is 0.380 e. The molecule has 90 valence electrons. The Balaban J connectivity index is 2.48. The van der Waals surface area contributed by atoms with Crippen LogP contribution in [0.5, 0.6) is 0 Å². The second-order valence-corrected chi connectivity index (χ2v) is 4.65. The standard InChI is InChI=1S/C12H26N2O/c1-3-12(4-2,10-13)11-14-6-5-8-15-9-7-14/h3-11,13H2,1-2H3. The SMILES string of the molecule is CCC(CC)(CN)CN1CCCOCC1. The van der Waals surface area contributed by atoms with Crippen LogP contribution in [0, 0.1) is 5.41 Å². The van der Waals surface area contributed by atoms with Crippen molar-refractivity contribution < 1.29 is 4.74 Å². The van der Waals surface area contributed by atoms with E-state index in [1.165, 1.54) is 19.4 Å². The van der Waals surface area contributed by atoms with E-state index >= 15 is 0 Å². The molecule has 0 radical (unpaired) electrons. The highest BCUT2D eigenvalue weighted by molar-refractivity contribution is 4.82. The van der Waals surface area contributed by atoms with Crippen LogP contribution in [0.4, 0.5) is 0 Å². The first-order valence-electron chi connectivity index (χ1n) is 6.26. The van der Waals surface area contributed by atoms with Crippen molar-refractivity contribution >= 4 is 0 Å². The van der Waals surface area contributed by atoms with Crippen molar-refractivity contribution in [3.63, 3.8) is 0 Å². The predicted octanol–water partition coefficient (Wildman–Crippen LogP) is 1.47. The van der Waals surface area contributed by atoms with Gasteiger partial charge in [-0.05, 0) is 31.2 Å². The lowest BCUT2D eigenvalue weighted by atomic mass is 9.82. The molecule has 0 unspecified atom stereocenters. The van der Waals surface area contributed by atoms with Gasteiger partial charge in [-0.2, -0.15) is 0 Å². The van der Waals surface area contributed by atoms with Crippen LogP contribution in [-0.2, 0) is 4.74 Å². The van der Waals surface area contributed by atoms with Crippen molar-refractivity contribution in [2.75, 3.05) is 39.4 Å². The molecule has 1 saturated heterocycles. The number of hydrogen-bond donors (Lipinski definition) is 1. The van der Waals surface area contributed by atoms with Gasteiger partial charge in [0.1, 0.15) is 0 Å². The maximum Gasteiger partial charge on any atom is 0.0593 e. The summed E-state index contributed by atoms with van der Waals surface area (Å²) in [7, 11) is 0. The second-order valence-electron chi connectivity index (χ2n) is 4.65. The van der Waals surface area contributed by atoms with E-state index < -0.39 is 0 Å². The fourth-order valence-corrected chi connectivity index (χ4v) is 2.26. The van der Waals surface area contributed by atoms with Gasteiger partial charge in [-0.3, -0.25) is 0 Å². The van der Waals surface area contributed by atoms with Crippen molar-refractivity contribution in [1.29, 1.82) is 0 Å². The molecular weight excluding hydrogens is 188 g/mol. The monoisotopic (exact) mass is 214 g/mol. The third-order valence-corrected chi connectivity index (χ3v) is 3.81. The van der Waals surface area contributed by atoms with Crippen molar-refractivity contribution in [2.45, 2.75) is 33.1 Å². The van der Waals surface area contributed by atoms with Gasteiger partial charge in [0, 0.05) is 26.2 Å². The molecule has 0 atom stereocenters. The predicted molar refractivity (Wildman–Crippen MR) is 63.9 cm³/mol. The maximum atomic E-state index is 5.93. The van der Waals surface area contributed by atoms with E-state index in [1.807, 2.05) is 0 Å². The molecular formula is C12H26N2O. The Hall–Kier alpha value is -0.120. The Morgan fingerprint density at radius 2 is 1.93 bits per heavy atom. The molecule has 3 nitrogen and oxygen atoms in total. The minimum Gasteiger partial charge on any atom is -0.380 e.